The van der Waals surface area contributed by atoms with Crippen LogP contribution in [-0.2, 0) is 6.54 Å². The van der Waals surface area contributed by atoms with E-state index in [1.165, 1.54) is 0 Å². The molecule has 0 atom stereocenters. The molecule has 96 valence electrons. The lowest BCUT2D eigenvalue weighted by atomic mass is 10.1. The van der Waals surface area contributed by atoms with Gasteiger partial charge in [-0.15, -0.1) is 0 Å². The van der Waals surface area contributed by atoms with Crippen molar-refractivity contribution < 1.29 is 0 Å². The Kier molecular flexibility index (Phi) is 2.38. The molecule has 1 saturated heterocycles. The molecule has 3 aromatic rings. The number of imidazole rings is 1. The summed E-state index contributed by atoms with van der Waals surface area (Å²) in [6.07, 6.45) is 8.02. The number of pyridine rings is 1. The summed E-state index contributed by atoms with van der Waals surface area (Å²) in [5, 5.41) is 4.28. The van der Waals surface area contributed by atoms with E-state index in [1.54, 1.807) is 0 Å². The monoisotopic (exact) mass is 253 g/mol. The number of hydrogen-bond acceptors (Lipinski definition) is 3. The van der Waals surface area contributed by atoms with E-state index in [9.17, 15) is 0 Å². The molecule has 0 radical (unpaired) electrons. The van der Waals surface area contributed by atoms with Gasteiger partial charge in [0.05, 0.1) is 11.7 Å². The fourth-order valence-corrected chi connectivity index (χ4v) is 2.63. The van der Waals surface area contributed by atoms with Crippen LogP contribution in [0.4, 0.5) is 0 Å². The molecule has 0 N–H and O–H groups in total. The summed E-state index contributed by atoms with van der Waals surface area (Å²) >= 11 is 0. The zero-order valence-electron chi connectivity index (χ0n) is 10.6. The molecule has 0 bridgehead atoms. The Balaban J connectivity index is 1.43. The van der Waals surface area contributed by atoms with Crippen molar-refractivity contribution in [1.29, 1.82) is 0 Å². The van der Waals surface area contributed by atoms with Gasteiger partial charge in [-0.3, -0.25) is 9.58 Å². The van der Waals surface area contributed by atoms with E-state index in [1.807, 2.05) is 47.5 Å². The molecule has 0 aromatic carbocycles. The topological polar surface area (TPSA) is 38.4 Å². The van der Waals surface area contributed by atoms with Crippen molar-refractivity contribution in [2.45, 2.75) is 12.6 Å². The number of nitrogens with zero attached hydrogens (tertiary/aromatic N) is 5. The third kappa shape index (κ3) is 1.92. The maximum absolute atomic E-state index is 4.62. The normalized spacial score (nSPS) is 16.8. The molecule has 3 aromatic heterocycles. The summed E-state index contributed by atoms with van der Waals surface area (Å²) in [6.45, 7) is 3.02. The van der Waals surface area contributed by atoms with E-state index in [2.05, 4.69) is 25.6 Å². The first kappa shape index (κ1) is 10.8. The highest BCUT2D eigenvalue weighted by Gasteiger charge is 2.28. The van der Waals surface area contributed by atoms with Gasteiger partial charge in [0.15, 0.2) is 0 Å². The number of aromatic nitrogens is 4. The van der Waals surface area contributed by atoms with Gasteiger partial charge in [0, 0.05) is 44.4 Å². The van der Waals surface area contributed by atoms with Crippen LogP contribution in [-0.4, -0.2) is 37.2 Å². The van der Waals surface area contributed by atoms with E-state index < -0.39 is 0 Å². The fourth-order valence-electron chi connectivity index (χ4n) is 2.63. The zero-order chi connectivity index (χ0) is 12.7. The van der Waals surface area contributed by atoms with Gasteiger partial charge >= 0.3 is 0 Å². The number of hydrogen-bond donors (Lipinski definition) is 0. The fraction of sp³-hybridized carbons (Fsp3) is 0.286. The van der Waals surface area contributed by atoms with Crippen LogP contribution in [0.3, 0.4) is 0 Å². The lowest BCUT2D eigenvalue weighted by molar-refractivity contribution is 0.0897. The lowest BCUT2D eigenvalue weighted by Crippen LogP contribution is -2.47. The zero-order valence-corrected chi connectivity index (χ0v) is 10.6. The first-order valence-corrected chi connectivity index (χ1v) is 6.52. The molecule has 1 aliphatic heterocycles. The molecule has 4 rings (SSSR count). The third-order valence-electron chi connectivity index (χ3n) is 3.64. The Morgan fingerprint density at radius 1 is 1.16 bits per heavy atom. The molecule has 0 unspecified atom stereocenters. The SMILES string of the molecule is c1ccn2cc(CN3CC(n4cccn4)C3)nc2c1. The summed E-state index contributed by atoms with van der Waals surface area (Å²) in [4.78, 5) is 7.02. The predicted octanol–water partition coefficient (Wildman–Crippen LogP) is 1.59. The highest BCUT2D eigenvalue weighted by Crippen LogP contribution is 2.22. The average Bonchev–Trinajstić information content (AvgIpc) is 3.01. The second kappa shape index (κ2) is 4.20. The third-order valence-corrected chi connectivity index (χ3v) is 3.64. The average molecular weight is 253 g/mol. The Hall–Kier alpha value is -2.14. The predicted molar refractivity (Wildman–Crippen MR) is 71.7 cm³/mol. The van der Waals surface area contributed by atoms with Crippen molar-refractivity contribution in [3.05, 3.63) is 54.7 Å². The van der Waals surface area contributed by atoms with Crippen molar-refractivity contribution in [3.8, 4) is 0 Å². The first-order valence-electron chi connectivity index (χ1n) is 6.52. The summed E-state index contributed by atoms with van der Waals surface area (Å²) in [5.41, 5.74) is 2.15. The first-order chi connectivity index (χ1) is 9.38. The second-order valence-electron chi connectivity index (χ2n) is 5.03. The van der Waals surface area contributed by atoms with Crippen LogP contribution in [0.2, 0.25) is 0 Å². The van der Waals surface area contributed by atoms with Crippen molar-refractivity contribution >= 4 is 5.65 Å². The Morgan fingerprint density at radius 2 is 2.11 bits per heavy atom. The van der Waals surface area contributed by atoms with Gasteiger partial charge in [-0.05, 0) is 18.2 Å². The van der Waals surface area contributed by atoms with E-state index >= 15 is 0 Å². The minimum Gasteiger partial charge on any atom is -0.307 e. The van der Waals surface area contributed by atoms with E-state index in [4.69, 9.17) is 0 Å². The van der Waals surface area contributed by atoms with Crippen LogP contribution in [0, 0.1) is 0 Å². The molecule has 1 fully saturated rings. The molecule has 0 aliphatic carbocycles. The molecule has 0 spiro atoms. The summed E-state index contributed by atoms with van der Waals surface area (Å²) in [6, 6.07) is 8.57. The molecule has 4 heterocycles. The summed E-state index contributed by atoms with van der Waals surface area (Å²) in [5.74, 6) is 0. The summed E-state index contributed by atoms with van der Waals surface area (Å²) < 4.78 is 4.11. The Bertz CT molecular complexity index is 646. The quantitative estimate of drug-likeness (QED) is 0.711. The molecule has 5 nitrogen and oxygen atoms in total. The van der Waals surface area contributed by atoms with Crippen LogP contribution in [0.25, 0.3) is 5.65 Å². The standard InChI is InChI=1S/C14H15N5/c1-2-6-18-9-12(16-14(18)4-1)8-17-10-13(11-17)19-7-3-5-15-19/h1-7,9,13H,8,10-11H2. The number of rotatable bonds is 3. The molecular weight excluding hydrogens is 238 g/mol. The van der Waals surface area contributed by atoms with Gasteiger partial charge < -0.3 is 4.40 Å². The number of likely N-dealkylation sites (tertiary alicyclic amines) is 1. The molecule has 19 heavy (non-hydrogen) atoms. The number of fused-ring (bicyclic) bond motifs is 1. The Labute approximate surface area is 111 Å². The largest absolute Gasteiger partial charge is 0.307 e. The van der Waals surface area contributed by atoms with Crippen molar-refractivity contribution in [3.63, 3.8) is 0 Å². The molecule has 5 heteroatoms. The van der Waals surface area contributed by atoms with E-state index in [-0.39, 0.29) is 0 Å². The maximum atomic E-state index is 4.62. The van der Waals surface area contributed by atoms with Crippen LogP contribution >= 0.6 is 0 Å². The van der Waals surface area contributed by atoms with Gasteiger partial charge in [-0.1, -0.05) is 6.07 Å². The van der Waals surface area contributed by atoms with Crippen LogP contribution in [0.5, 0.6) is 0 Å². The Morgan fingerprint density at radius 3 is 2.89 bits per heavy atom. The highest BCUT2D eigenvalue weighted by molar-refractivity contribution is 5.39. The summed E-state index contributed by atoms with van der Waals surface area (Å²) in [7, 11) is 0. The van der Waals surface area contributed by atoms with Gasteiger partial charge in [0.1, 0.15) is 5.65 Å². The van der Waals surface area contributed by atoms with Crippen molar-refractivity contribution in [1.82, 2.24) is 24.1 Å². The minimum atomic E-state index is 0.520. The van der Waals surface area contributed by atoms with Crippen LogP contribution < -0.4 is 0 Å². The van der Waals surface area contributed by atoms with E-state index in [0.29, 0.717) is 6.04 Å². The molecule has 1 aliphatic rings. The van der Waals surface area contributed by atoms with Gasteiger partial charge in [0.25, 0.3) is 0 Å². The van der Waals surface area contributed by atoms with E-state index in [0.717, 1.165) is 31.0 Å². The van der Waals surface area contributed by atoms with Crippen LogP contribution in [0.1, 0.15) is 11.7 Å². The smallest absolute Gasteiger partial charge is 0.137 e. The van der Waals surface area contributed by atoms with Crippen LogP contribution in [0.15, 0.2) is 49.1 Å². The highest BCUT2D eigenvalue weighted by atomic mass is 15.4. The van der Waals surface area contributed by atoms with Gasteiger partial charge in [-0.25, -0.2) is 4.98 Å². The molecular formula is C14H15N5. The molecule has 0 amide bonds. The minimum absolute atomic E-state index is 0.520. The molecule has 0 saturated carbocycles. The van der Waals surface area contributed by atoms with Crippen molar-refractivity contribution in [2.75, 3.05) is 13.1 Å². The van der Waals surface area contributed by atoms with Gasteiger partial charge in [-0.2, -0.15) is 5.10 Å². The van der Waals surface area contributed by atoms with Gasteiger partial charge in [0.2, 0.25) is 0 Å². The van der Waals surface area contributed by atoms with Crippen molar-refractivity contribution in [2.24, 2.45) is 0 Å². The lowest BCUT2D eigenvalue weighted by Gasteiger charge is -2.38. The second-order valence-corrected chi connectivity index (χ2v) is 5.03. The maximum Gasteiger partial charge on any atom is 0.137 e.